The summed E-state index contributed by atoms with van der Waals surface area (Å²) in [5, 5.41) is 0. The van der Waals surface area contributed by atoms with Crippen LogP contribution in [-0.4, -0.2) is 20.0 Å². The van der Waals surface area contributed by atoms with Crippen molar-refractivity contribution in [1.29, 1.82) is 0 Å². The molecule has 29 heavy (non-hydrogen) atoms. The molecule has 0 bridgehead atoms. The molecule has 1 aliphatic heterocycles. The van der Waals surface area contributed by atoms with Crippen molar-refractivity contribution in [3.63, 3.8) is 0 Å². The molecule has 2 aromatic rings. The van der Waals surface area contributed by atoms with Crippen molar-refractivity contribution in [1.82, 2.24) is 0 Å². The molecule has 1 atom stereocenters. The Bertz CT molecular complexity index is 1060. The second-order valence-corrected chi connectivity index (χ2v) is 7.63. The van der Waals surface area contributed by atoms with E-state index in [1.54, 1.807) is 0 Å². The van der Waals surface area contributed by atoms with Gasteiger partial charge in [0.05, 0.1) is 11.1 Å². The number of ketones is 1. The third-order valence-electron chi connectivity index (χ3n) is 3.98. The van der Waals surface area contributed by atoms with E-state index in [4.69, 9.17) is 14.7 Å². The van der Waals surface area contributed by atoms with Gasteiger partial charge in [-0.1, -0.05) is 12.1 Å². The Morgan fingerprint density at radius 3 is 2.17 bits per heavy atom. The van der Waals surface area contributed by atoms with E-state index in [-0.39, 0.29) is 11.3 Å². The highest BCUT2D eigenvalue weighted by atomic mass is 32.2. The van der Waals surface area contributed by atoms with Crippen LogP contribution in [-0.2, 0) is 25.8 Å². The average molecular weight is 431 g/mol. The Kier molecular flexibility index (Phi) is 5.26. The van der Waals surface area contributed by atoms with E-state index in [1.807, 2.05) is 0 Å². The lowest BCUT2D eigenvalue weighted by molar-refractivity contribution is -0.137. The molecule has 0 saturated carbocycles. The number of carbonyl (C=O) groups is 1. The van der Waals surface area contributed by atoms with Crippen molar-refractivity contribution in [2.45, 2.75) is 12.3 Å². The molecule has 0 aromatic heterocycles. The quantitative estimate of drug-likeness (QED) is 0.578. The molecule has 1 heterocycles. The van der Waals surface area contributed by atoms with Crippen LogP contribution in [0.2, 0.25) is 0 Å². The molecule has 6 nitrogen and oxygen atoms in total. The van der Waals surface area contributed by atoms with E-state index in [2.05, 4.69) is 0 Å². The van der Waals surface area contributed by atoms with E-state index in [1.165, 1.54) is 0 Å². The maximum Gasteiger partial charge on any atom is 0.416 e. The summed E-state index contributed by atoms with van der Waals surface area (Å²) in [7, 11) is -4.34. The molecule has 0 amide bonds. The molecular weight excluding hydrogens is 418 g/mol. The van der Waals surface area contributed by atoms with Gasteiger partial charge in [-0.25, -0.2) is 4.39 Å². The summed E-state index contributed by atoms with van der Waals surface area (Å²) in [6, 6.07) is 7.79. The minimum Gasteiger partial charge on any atom is -0.463 e. The van der Waals surface area contributed by atoms with E-state index in [0.29, 0.717) is 0 Å². The van der Waals surface area contributed by atoms with Crippen molar-refractivity contribution in [2.24, 2.45) is 5.73 Å². The fraction of sp³-hybridized carbons (Fsp3) is 0.167. The number of ether oxygens (including phenoxy) is 1. The van der Waals surface area contributed by atoms with Gasteiger partial charge in [-0.3, -0.25) is 4.79 Å². The normalized spacial score (nSPS) is 17.4. The lowest BCUT2D eigenvalue weighted by atomic mass is 10.0. The van der Waals surface area contributed by atoms with Gasteiger partial charge in [-0.05, 0) is 36.4 Å². The predicted molar refractivity (Wildman–Crippen MR) is 92.3 cm³/mol. The van der Waals surface area contributed by atoms with Gasteiger partial charge in [-0.15, -0.1) is 0 Å². The number of Topliss-reactive ketones (excluding diaryl/α,β-unsaturated/α-hetero) is 1. The number of halogens is 4. The molecule has 1 unspecified atom stereocenters. The Balaban J connectivity index is 1.75. The largest absolute Gasteiger partial charge is 0.463 e. The minimum atomic E-state index is -4.55. The molecule has 0 saturated heterocycles. The van der Waals surface area contributed by atoms with Crippen molar-refractivity contribution in [3.8, 4) is 5.75 Å². The molecule has 154 valence electrons. The van der Waals surface area contributed by atoms with Crippen molar-refractivity contribution < 1.29 is 39.7 Å². The number of hydrogen-bond donors (Lipinski definition) is 1. The van der Waals surface area contributed by atoms with Gasteiger partial charge in [0.15, 0.2) is 12.0 Å². The van der Waals surface area contributed by atoms with Gasteiger partial charge in [0.1, 0.15) is 17.3 Å². The first-order valence-electron chi connectivity index (χ1n) is 8.00. The number of nitrogens with two attached hydrogens (primary N) is 1. The summed E-state index contributed by atoms with van der Waals surface area (Å²) < 4.78 is 85.2. The van der Waals surface area contributed by atoms with Gasteiger partial charge in [-0.2, -0.15) is 21.6 Å². The maximum atomic E-state index is 12.9. The van der Waals surface area contributed by atoms with Gasteiger partial charge in [0.2, 0.25) is 5.78 Å². The van der Waals surface area contributed by atoms with E-state index in [9.17, 15) is 30.8 Å². The molecule has 0 radical (unpaired) electrons. The van der Waals surface area contributed by atoms with Crippen LogP contribution in [0.4, 0.5) is 17.6 Å². The highest BCUT2D eigenvalue weighted by Crippen LogP contribution is 2.34. The van der Waals surface area contributed by atoms with Crippen LogP contribution in [0.5, 0.6) is 5.75 Å². The molecule has 2 aromatic carbocycles. The van der Waals surface area contributed by atoms with Crippen molar-refractivity contribution in [3.05, 3.63) is 76.9 Å². The highest BCUT2D eigenvalue weighted by molar-refractivity contribution is 7.87. The van der Waals surface area contributed by atoms with Crippen molar-refractivity contribution in [2.75, 3.05) is 5.75 Å². The first-order valence-corrected chi connectivity index (χ1v) is 9.58. The monoisotopic (exact) mass is 431 g/mol. The molecule has 11 heteroatoms. The molecule has 2 N–H and O–H groups in total. The molecular formula is C18H13F4NO5S. The minimum absolute atomic E-state index is 0.0813. The molecule has 3 rings (SSSR count). The second kappa shape index (κ2) is 7.39. The summed E-state index contributed by atoms with van der Waals surface area (Å²) in [6.07, 6.45) is -5.92. The van der Waals surface area contributed by atoms with Crippen LogP contribution in [0.15, 0.2) is 60.0 Å². The topological polar surface area (TPSA) is 95.7 Å². The van der Waals surface area contributed by atoms with Crippen LogP contribution in [0.25, 0.3) is 0 Å². The Hall–Kier alpha value is -3.08. The van der Waals surface area contributed by atoms with E-state index in [0.717, 1.165) is 48.5 Å². The molecule has 1 aliphatic rings. The van der Waals surface area contributed by atoms with Crippen LogP contribution < -0.4 is 9.92 Å². The summed E-state index contributed by atoms with van der Waals surface area (Å²) in [4.78, 5) is 12.5. The average Bonchev–Trinajstić information content (AvgIpc) is 2.91. The molecule has 0 aliphatic carbocycles. The van der Waals surface area contributed by atoms with Gasteiger partial charge in [0, 0.05) is 5.56 Å². The van der Waals surface area contributed by atoms with Gasteiger partial charge >= 0.3 is 16.3 Å². The van der Waals surface area contributed by atoms with E-state index < -0.39 is 56.8 Å². The summed E-state index contributed by atoms with van der Waals surface area (Å²) >= 11 is 0. The number of hydrogen-bond acceptors (Lipinski definition) is 6. The third-order valence-corrected chi connectivity index (χ3v) is 5.07. The van der Waals surface area contributed by atoms with Crippen LogP contribution in [0, 0.1) is 5.82 Å². The van der Waals surface area contributed by atoms with Crippen LogP contribution >= 0.6 is 0 Å². The predicted octanol–water partition coefficient (Wildman–Crippen LogP) is 3.06. The highest BCUT2D eigenvalue weighted by Gasteiger charge is 2.38. The van der Waals surface area contributed by atoms with Crippen LogP contribution in [0.1, 0.15) is 17.2 Å². The summed E-state index contributed by atoms with van der Waals surface area (Å²) in [5.41, 5.74) is 4.38. The lowest BCUT2D eigenvalue weighted by Crippen LogP contribution is -2.21. The fourth-order valence-corrected chi connectivity index (χ4v) is 3.68. The fourth-order valence-electron chi connectivity index (χ4n) is 2.58. The SMILES string of the molecule is NC1=C(CS(=O)(=O)Oc2ccc(F)cc2)C(=O)C(c2ccc(C(F)(F)F)cc2)O1. The zero-order valence-corrected chi connectivity index (χ0v) is 15.3. The van der Waals surface area contributed by atoms with Gasteiger partial charge < -0.3 is 14.7 Å². The Morgan fingerprint density at radius 1 is 1.03 bits per heavy atom. The van der Waals surface area contributed by atoms with Crippen LogP contribution in [0.3, 0.4) is 0 Å². The maximum absolute atomic E-state index is 12.9. The summed E-state index contributed by atoms with van der Waals surface area (Å²) in [5.74, 6) is -2.97. The zero-order valence-electron chi connectivity index (χ0n) is 14.4. The standard InChI is InChI=1S/C18H13F4NO5S/c19-12-5-7-13(8-6-12)28-29(25,26)9-14-15(24)16(27-17(14)23)10-1-3-11(4-2-10)18(20,21)22/h1-8,16H,9,23H2. The Morgan fingerprint density at radius 2 is 1.62 bits per heavy atom. The van der Waals surface area contributed by atoms with E-state index >= 15 is 0 Å². The summed E-state index contributed by atoms with van der Waals surface area (Å²) in [6.45, 7) is 0. The lowest BCUT2D eigenvalue weighted by Gasteiger charge is -2.12. The molecule has 0 spiro atoms. The van der Waals surface area contributed by atoms with Gasteiger partial charge in [0.25, 0.3) is 0 Å². The first kappa shape index (κ1) is 20.6. The number of rotatable bonds is 5. The smallest absolute Gasteiger partial charge is 0.416 e. The Labute approximate surface area is 162 Å². The number of benzene rings is 2. The van der Waals surface area contributed by atoms with Crippen molar-refractivity contribution >= 4 is 15.9 Å². The molecule has 0 fully saturated rings. The first-order chi connectivity index (χ1) is 13.5. The zero-order chi connectivity index (χ0) is 21.4. The number of alkyl halides is 3. The number of carbonyl (C=O) groups excluding carboxylic acids is 1. The second-order valence-electron chi connectivity index (χ2n) is 6.06. The third kappa shape index (κ3) is 4.67.